The van der Waals surface area contributed by atoms with Crippen LogP contribution in [0.5, 0.6) is 0 Å². The number of rotatable bonds is 3. The molecule has 5 nitrogen and oxygen atoms in total. The molecule has 0 radical (unpaired) electrons. The fraction of sp³-hybridized carbons (Fsp3) is 0.0833. The zero-order valence-electron chi connectivity index (χ0n) is 9.08. The van der Waals surface area contributed by atoms with Gasteiger partial charge in [0.2, 0.25) is 6.20 Å². The predicted octanol–water partition coefficient (Wildman–Crippen LogP) is 0.245. The van der Waals surface area contributed by atoms with E-state index in [0.29, 0.717) is 11.3 Å². The van der Waals surface area contributed by atoms with Crippen molar-refractivity contribution in [2.24, 2.45) is 0 Å². The number of pyridine rings is 2. The number of carbonyl (C=O) groups is 1. The first kappa shape index (κ1) is 11.2. The molecule has 1 amide bonds. The Morgan fingerprint density at radius 1 is 1.35 bits per heavy atom. The van der Waals surface area contributed by atoms with Crippen molar-refractivity contribution in [3.8, 4) is 0 Å². The van der Waals surface area contributed by atoms with Gasteiger partial charge in [0.25, 0.3) is 0 Å². The molecule has 0 aliphatic carbocycles. The average molecular weight is 230 g/mol. The Kier molecular flexibility index (Phi) is 3.42. The second-order valence-corrected chi connectivity index (χ2v) is 3.43. The van der Waals surface area contributed by atoms with Gasteiger partial charge in [-0.3, -0.25) is 9.78 Å². The van der Waals surface area contributed by atoms with Gasteiger partial charge >= 0.3 is 5.91 Å². The van der Waals surface area contributed by atoms with Crippen LogP contribution in [-0.4, -0.2) is 16.0 Å². The van der Waals surface area contributed by atoms with Crippen molar-refractivity contribution in [1.29, 1.82) is 0 Å². The van der Waals surface area contributed by atoms with Crippen LogP contribution in [0.15, 0.2) is 48.9 Å². The lowest BCUT2D eigenvalue weighted by atomic mass is 10.3. The molecule has 0 aliphatic heterocycles. The van der Waals surface area contributed by atoms with Gasteiger partial charge in [-0.1, -0.05) is 10.7 Å². The van der Waals surface area contributed by atoms with Gasteiger partial charge in [0.1, 0.15) is 5.69 Å². The molecule has 5 heteroatoms. The molecule has 0 fully saturated rings. The smallest absolute Gasteiger partial charge is 0.323 e. The van der Waals surface area contributed by atoms with Gasteiger partial charge in [0.15, 0.2) is 6.20 Å². The SMILES string of the molecule is O=C(N[n+]1cccc(CO)c1)c1ccccn1. The summed E-state index contributed by atoms with van der Waals surface area (Å²) in [5.41, 5.74) is 3.70. The second-order valence-electron chi connectivity index (χ2n) is 3.43. The molecule has 0 bridgehead atoms. The van der Waals surface area contributed by atoms with Crippen LogP contribution >= 0.6 is 0 Å². The summed E-state index contributed by atoms with van der Waals surface area (Å²) in [6.45, 7) is -0.0691. The number of aliphatic hydroxyl groups excluding tert-OH is 1. The summed E-state index contributed by atoms with van der Waals surface area (Å²) >= 11 is 0. The first-order valence-corrected chi connectivity index (χ1v) is 5.13. The van der Waals surface area contributed by atoms with Gasteiger partial charge in [0, 0.05) is 17.8 Å². The van der Waals surface area contributed by atoms with Crippen molar-refractivity contribution in [2.45, 2.75) is 6.61 Å². The van der Waals surface area contributed by atoms with Crippen LogP contribution in [0.25, 0.3) is 0 Å². The predicted molar refractivity (Wildman–Crippen MR) is 60.5 cm³/mol. The highest BCUT2D eigenvalue weighted by molar-refractivity contribution is 5.96. The number of nitrogens with one attached hydrogen (secondary N) is 1. The monoisotopic (exact) mass is 230 g/mol. The van der Waals surface area contributed by atoms with Crippen LogP contribution in [-0.2, 0) is 6.61 Å². The maximum absolute atomic E-state index is 11.8. The zero-order chi connectivity index (χ0) is 12.1. The zero-order valence-corrected chi connectivity index (χ0v) is 9.08. The first-order chi connectivity index (χ1) is 8.29. The lowest BCUT2D eigenvalue weighted by Gasteiger charge is -1.99. The van der Waals surface area contributed by atoms with Crippen LogP contribution in [0.1, 0.15) is 16.1 Å². The highest BCUT2D eigenvalue weighted by atomic mass is 16.3. The third kappa shape index (κ3) is 2.85. The molecule has 2 N–H and O–H groups in total. The van der Waals surface area contributed by atoms with E-state index in [-0.39, 0.29) is 12.5 Å². The Labute approximate surface area is 98.3 Å². The van der Waals surface area contributed by atoms with E-state index in [1.54, 1.807) is 48.9 Å². The van der Waals surface area contributed by atoms with Crippen molar-refractivity contribution in [3.63, 3.8) is 0 Å². The maximum atomic E-state index is 11.8. The van der Waals surface area contributed by atoms with Crippen LogP contribution in [0.4, 0.5) is 0 Å². The maximum Gasteiger partial charge on any atom is 0.323 e. The molecule has 2 heterocycles. The molecule has 17 heavy (non-hydrogen) atoms. The number of aromatic nitrogens is 2. The fourth-order valence-corrected chi connectivity index (χ4v) is 1.36. The number of aliphatic hydroxyl groups is 1. The standard InChI is InChI=1S/C12H11N3O2/c16-9-10-4-3-7-15(8-10)14-12(17)11-5-1-2-6-13-11/h1-8,16H,9H2/p+1. The van der Waals surface area contributed by atoms with Gasteiger partial charge < -0.3 is 5.11 Å². The fourth-order valence-electron chi connectivity index (χ4n) is 1.36. The van der Waals surface area contributed by atoms with Gasteiger partial charge in [-0.2, -0.15) is 0 Å². The van der Waals surface area contributed by atoms with Crippen LogP contribution in [0.3, 0.4) is 0 Å². The summed E-state index contributed by atoms with van der Waals surface area (Å²) in [5, 5.41) is 8.97. The van der Waals surface area contributed by atoms with E-state index in [4.69, 9.17) is 5.11 Å². The van der Waals surface area contributed by atoms with E-state index in [1.807, 2.05) is 0 Å². The summed E-state index contributed by atoms with van der Waals surface area (Å²) in [4.78, 5) is 15.7. The molecule has 0 aromatic carbocycles. The molecule has 2 rings (SSSR count). The molecular formula is C12H12N3O2+. The highest BCUT2D eigenvalue weighted by Gasteiger charge is 2.11. The number of amides is 1. The molecule has 0 spiro atoms. The minimum atomic E-state index is -0.300. The summed E-state index contributed by atoms with van der Waals surface area (Å²) in [5.74, 6) is -0.300. The van der Waals surface area contributed by atoms with Crippen molar-refractivity contribution < 1.29 is 14.6 Å². The van der Waals surface area contributed by atoms with Crippen LogP contribution < -0.4 is 10.1 Å². The van der Waals surface area contributed by atoms with E-state index in [0.717, 1.165) is 0 Å². The second kappa shape index (κ2) is 5.18. The van der Waals surface area contributed by atoms with Crippen molar-refractivity contribution in [2.75, 3.05) is 5.43 Å². The third-order valence-corrected chi connectivity index (χ3v) is 2.17. The molecule has 0 unspecified atom stereocenters. The normalized spacial score (nSPS) is 9.94. The molecule has 0 saturated carbocycles. The van der Waals surface area contributed by atoms with Crippen molar-refractivity contribution >= 4 is 5.91 Å². The van der Waals surface area contributed by atoms with Crippen molar-refractivity contribution in [3.05, 3.63) is 60.2 Å². The number of hydrogen-bond donors (Lipinski definition) is 2. The van der Waals surface area contributed by atoms with Gasteiger partial charge in [-0.15, -0.1) is 5.43 Å². The lowest BCUT2D eigenvalue weighted by molar-refractivity contribution is -0.641. The molecule has 0 saturated heterocycles. The van der Waals surface area contributed by atoms with E-state index in [2.05, 4.69) is 10.4 Å². The largest absolute Gasteiger partial charge is 0.391 e. The first-order valence-electron chi connectivity index (χ1n) is 5.13. The average Bonchev–Trinajstić information content (AvgIpc) is 2.40. The molecule has 86 valence electrons. The quantitative estimate of drug-likeness (QED) is 0.742. The molecule has 2 aromatic rings. The minimum absolute atomic E-state index is 0.0691. The lowest BCUT2D eigenvalue weighted by Crippen LogP contribution is -2.48. The summed E-state index contributed by atoms with van der Waals surface area (Å²) < 4.78 is 1.49. The summed E-state index contributed by atoms with van der Waals surface area (Å²) in [6, 6.07) is 8.63. The number of hydrogen-bond acceptors (Lipinski definition) is 3. The van der Waals surface area contributed by atoms with Gasteiger partial charge in [-0.05, 0) is 18.2 Å². The topological polar surface area (TPSA) is 66.1 Å². The third-order valence-electron chi connectivity index (χ3n) is 2.17. The Morgan fingerprint density at radius 3 is 2.94 bits per heavy atom. The van der Waals surface area contributed by atoms with E-state index in [1.165, 1.54) is 4.68 Å². The molecule has 0 atom stereocenters. The number of carbonyl (C=O) groups excluding carboxylic acids is 1. The number of nitrogens with zero attached hydrogens (tertiary/aromatic N) is 2. The Hall–Kier alpha value is -2.27. The highest BCUT2D eigenvalue weighted by Crippen LogP contribution is 1.94. The van der Waals surface area contributed by atoms with Gasteiger partial charge in [0.05, 0.1) is 6.61 Å². The Morgan fingerprint density at radius 2 is 2.24 bits per heavy atom. The Balaban J connectivity index is 2.13. The summed E-state index contributed by atoms with van der Waals surface area (Å²) in [6.07, 6.45) is 4.88. The molecule has 0 aliphatic rings. The van der Waals surface area contributed by atoms with E-state index in [9.17, 15) is 4.79 Å². The summed E-state index contributed by atoms with van der Waals surface area (Å²) in [7, 11) is 0. The minimum Gasteiger partial charge on any atom is -0.391 e. The molecule has 2 aromatic heterocycles. The molecular weight excluding hydrogens is 218 g/mol. The van der Waals surface area contributed by atoms with E-state index >= 15 is 0 Å². The Bertz CT molecular complexity index is 514. The van der Waals surface area contributed by atoms with Crippen LogP contribution in [0.2, 0.25) is 0 Å². The van der Waals surface area contributed by atoms with Crippen LogP contribution in [0, 0.1) is 0 Å². The van der Waals surface area contributed by atoms with E-state index < -0.39 is 0 Å². The van der Waals surface area contributed by atoms with Gasteiger partial charge in [-0.25, -0.2) is 0 Å². The van der Waals surface area contributed by atoms with Crippen molar-refractivity contribution in [1.82, 2.24) is 4.98 Å².